The number of ether oxygens (including phenoxy) is 1. The van der Waals surface area contributed by atoms with E-state index >= 15 is 0 Å². The van der Waals surface area contributed by atoms with E-state index in [-0.39, 0.29) is 17.9 Å². The van der Waals surface area contributed by atoms with Crippen molar-refractivity contribution in [1.82, 2.24) is 10.1 Å². The molecule has 1 aliphatic carbocycles. The van der Waals surface area contributed by atoms with Gasteiger partial charge in [-0.3, -0.25) is 0 Å². The molecule has 0 bridgehead atoms. The van der Waals surface area contributed by atoms with Gasteiger partial charge in [-0.15, -0.1) is 0 Å². The van der Waals surface area contributed by atoms with Gasteiger partial charge < -0.3 is 9.26 Å². The highest BCUT2D eigenvalue weighted by Crippen LogP contribution is 2.46. The molecule has 5 heteroatoms. The van der Waals surface area contributed by atoms with Crippen molar-refractivity contribution in [3.05, 3.63) is 11.7 Å². The molecule has 17 heavy (non-hydrogen) atoms. The predicted molar refractivity (Wildman–Crippen MR) is 60.0 cm³/mol. The SMILES string of the molecule is CCCC(OCC)c1noc(C2CC2C#N)n1. The molecule has 1 fully saturated rings. The number of rotatable bonds is 6. The molecule has 1 aromatic heterocycles. The molecule has 2 rings (SSSR count). The van der Waals surface area contributed by atoms with Crippen molar-refractivity contribution in [3.63, 3.8) is 0 Å². The summed E-state index contributed by atoms with van der Waals surface area (Å²) in [6, 6.07) is 2.22. The number of aromatic nitrogens is 2. The van der Waals surface area contributed by atoms with E-state index in [1.165, 1.54) is 0 Å². The fourth-order valence-corrected chi connectivity index (χ4v) is 1.89. The van der Waals surface area contributed by atoms with Crippen LogP contribution in [0.15, 0.2) is 4.52 Å². The smallest absolute Gasteiger partial charge is 0.231 e. The van der Waals surface area contributed by atoms with E-state index in [1.54, 1.807) is 0 Å². The molecule has 5 nitrogen and oxygen atoms in total. The molecule has 0 N–H and O–H groups in total. The summed E-state index contributed by atoms with van der Waals surface area (Å²) in [6.45, 7) is 4.69. The Morgan fingerprint density at radius 3 is 3.00 bits per heavy atom. The van der Waals surface area contributed by atoms with E-state index < -0.39 is 0 Å². The van der Waals surface area contributed by atoms with Gasteiger partial charge in [0, 0.05) is 6.61 Å². The highest BCUT2D eigenvalue weighted by atomic mass is 16.5. The Balaban J connectivity index is 2.03. The zero-order valence-corrected chi connectivity index (χ0v) is 10.2. The fourth-order valence-electron chi connectivity index (χ4n) is 1.89. The van der Waals surface area contributed by atoms with Crippen LogP contribution in [0.5, 0.6) is 0 Å². The molecule has 0 aliphatic heterocycles. The summed E-state index contributed by atoms with van der Waals surface area (Å²) in [4.78, 5) is 4.35. The third-order valence-electron chi connectivity index (χ3n) is 2.94. The van der Waals surface area contributed by atoms with E-state index in [0.29, 0.717) is 18.3 Å². The first kappa shape index (κ1) is 12.1. The molecule has 0 radical (unpaired) electrons. The van der Waals surface area contributed by atoms with Crippen LogP contribution in [0.4, 0.5) is 0 Å². The summed E-state index contributed by atoms with van der Waals surface area (Å²) in [6.07, 6.45) is 2.66. The second-order valence-corrected chi connectivity index (χ2v) is 4.30. The first-order valence-electron chi connectivity index (χ1n) is 6.14. The van der Waals surface area contributed by atoms with E-state index in [0.717, 1.165) is 19.3 Å². The minimum Gasteiger partial charge on any atom is -0.370 e. The predicted octanol–water partition coefficient (Wildman–Crippen LogP) is 2.57. The molecule has 1 aromatic rings. The molecule has 92 valence electrons. The van der Waals surface area contributed by atoms with Gasteiger partial charge in [-0.1, -0.05) is 18.5 Å². The molecular formula is C12H17N3O2. The van der Waals surface area contributed by atoms with Gasteiger partial charge in [0.1, 0.15) is 6.10 Å². The Morgan fingerprint density at radius 2 is 2.41 bits per heavy atom. The molecule has 1 aliphatic rings. The number of nitrogens with zero attached hydrogens (tertiary/aromatic N) is 3. The van der Waals surface area contributed by atoms with Gasteiger partial charge in [0.15, 0.2) is 0 Å². The lowest BCUT2D eigenvalue weighted by molar-refractivity contribution is 0.0477. The molecule has 3 unspecified atom stereocenters. The average Bonchev–Trinajstić information content (AvgIpc) is 2.97. The maximum atomic E-state index is 8.76. The van der Waals surface area contributed by atoms with Crippen LogP contribution in [0.2, 0.25) is 0 Å². The first-order chi connectivity index (χ1) is 8.30. The van der Waals surface area contributed by atoms with Gasteiger partial charge in [-0.25, -0.2) is 0 Å². The lowest BCUT2D eigenvalue weighted by Gasteiger charge is -2.11. The molecule has 0 amide bonds. The summed E-state index contributed by atoms with van der Waals surface area (Å²) in [5, 5.41) is 12.7. The van der Waals surface area contributed by atoms with Gasteiger partial charge >= 0.3 is 0 Å². The Kier molecular flexibility index (Phi) is 3.75. The summed E-state index contributed by atoms with van der Waals surface area (Å²) in [7, 11) is 0. The van der Waals surface area contributed by atoms with Crippen LogP contribution >= 0.6 is 0 Å². The maximum Gasteiger partial charge on any atom is 0.231 e. The largest absolute Gasteiger partial charge is 0.370 e. The zero-order valence-electron chi connectivity index (χ0n) is 10.2. The van der Waals surface area contributed by atoms with Crippen molar-refractivity contribution in [2.75, 3.05) is 6.61 Å². The molecular weight excluding hydrogens is 218 g/mol. The minimum absolute atomic E-state index is 0.0556. The maximum absolute atomic E-state index is 8.76. The van der Waals surface area contributed by atoms with E-state index in [9.17, 15) is 0 Å². The van der Waals surface area contributed by atoms with Crippen LogP contribution in [0.3, 0.4) is 0 Å². The van der Waals surface area contributed by atoms with Crippen molar-refractivity contribution >= 4 is 0 Å². The lowest BCUT2D eigenvalue weighted by Crippen LogP contribution is -2.06. The monoisotopic (exact) mass is 235 g/mol. The standard InChI is InChI=1S/C12H17N3O2/c1-3-5-10(16-4-2)11-14-12(17-15-11)9-6-8(9)7-13/h8-10H,3-6H2,1-2H3. The quantitative estimate of drug-likeness (QED) is 0.757. The summed E-state index contributed by atoms with van der Waals surface area (Å²) in [5.74, 6) is 1.41. The molecule has 0 spiro atoms. The van der Waals surface area contributed by atoms with Crippen LogP contribution in [0, 0.1) is 17.2 Å². The molecule has 1 heterocycles. The number of hydrogen-bond donors (Lipinski definition) is 0. The van der Waals surface area contributed by atoms with Crippen molar-refractivity contribution < 1.29 is 9.26 Å². The highest BCUT2D eigenvalue weighted by Gasteiger charge is 2.43. The van der Waals surface area contributed by atoms with E-state index in [2.05, 4.69) is 23.1 Å². The molecule has 0 saturated heterocycles. The van der Waals surface area contributed by atoms with E-state index in [1.807, 2.05) is 6.92 Å². The average molecular weight is 235 g/mol. The Bertz CT molecular complexity index is 404. The van der Waals surface area contributed by atoms with Crippen molar-refractivity contribution in [2.24, 2.45) is 5.92 Å². The van der Waals surface area contributed by atoms with Crippen LogP contribution in [0.1, 0.15) is 56.8 Å². The number of nitriles is 1. The highest BCUT2D eigenvalue weighted by molar-refractivity contribution is 5.15. The first-order valence-corrected chi connectivity index (χ1v) is 6.14. The van der Waals surface area contributed by atoms with E-state index in [4.69, 9.17) is 14.5 Å². The Hall–Kier alpha value is -1.41. The second kappa shape index (κ2) is 5.28. The third kappa shape index (κ3) is 2.64. The molecule has 1 saturated carbocycles. The van der Waals surface area contributed by atoms with Gasteiger partial charge in [-0.2, -0.15) is 10.2 Å². The fraction of sp³-hybridized carbons (Fsp3) is 0.750. The Labute approximate surface area is 101 Å². The van der Waals surface area contributed by atoms with Crippen LogP contribution in [-0.2, 0) is 4.74 Å². The van der Waals surface area contributed by atoms with Crippen molar-refractivity contribution in [1.29, 1.82) is 5.26 Å². The third-order valence-corrected chi connectivity index (χ3v) is 2.94. The topological polar surface area (TPSA) is 71.9 Å². The van der Waals surface area contributed by atoms with Crippen LogP contribution in [-0.4, -0.2) is 16.7 Å². The van der Waals surface area contributed by atoms with Crippen LogP contribution in [0.25, 0.3) is 0 Å². The van der Waals surface area contributed by atoms with Gasteiger partial charge in [0.25, 0.3) is 0 Å². The Morgan fingerprint density at radius 1 is 1.59 bits per heavy atom. The van der Waals surface area contributed by atoms with Gasteiger partial charge in [0.2, 0.25) is 11.7 Å². The zero-order chi connectivity index (χ0) is 12.3. The minimum atomic E-state index is -0.0817. The molecule has 3 atom stereocenters. The normalized spacial score (nSPS) is 24.3. The van der Waals surface area contributed by atoms with Gasteiger partial charge in [0.05, 0.1) is 17.9 Å². The summed E-state index contributed by atoms with van der Waals surface area (Å²) in [5.41, 5.74) is 0. The lowest BCUT2D eigenvalue weighted by atomic mass is 10.2. The second-order valence-electron chi connectivity index (χ2n) is 4.30. The van der Waals surface area contributed by atoms with Gasteiger partial charge in [-0.05, 0) is 19.8 Å². The molecule has 0 aromatic carbocycles. The number of hydrogen-bond acceptors (Lipinski definition) is 5. The van der Waals surface area contributed by atoms with Crippen molar-refractivity contribution in [3.8, 4) is 6.07 Å². The van der Waals surface area contributed by atoms with Crippen molar-refractivity contribution in [2.45, 2.75) is 45.1 Å². The summed E-state index contributed by atoms with van der Waals surface area (Å²) < 4.78 is 10.8. The summed E-state index contributed by atoms with van der Waals surface area (Å²) >= 11 is 0. The van der Waals surface area contributed by atoms with Crippen LogP contribution < -0.4 is 0 Å².